The van der Waals surface area contributed by atoms with Crippen LogP contribution in [0.3, 0.4) is 0 Å². The van der Waals surface area contributed by atoms with Gasteiger partial charge in [0.15, 0.2) is 17.3 Å². The van der Waals surface area contributed by atoms with E-state index in [2.05, 4.69) is 15.4 Å². The van der Waals surface area contributed by atoms with Crippen molar-refractivity contribution in [2.45, 2.75) is 12.5 Å². The van der Waals surface area contributed by atoms with E-state index in [0.29, 0.717) is 23.7 Å². The molecule has 2 aromatic rings. The summed E-state index contributed by atoms with van der Waals surface area (Å²) in [5, 5.41) is 21.7. The summed E-state index contributed by atoms with van der Waals surface area (Å²) in [6.07, 6.45) is -0.378. The van der Waals surface area contributed by atoms with Crippen molar-refractivity contribution in [1.82, 2.24) is 20.2 Å². The van der Waals surface area contributed by atoms with Crippen molar-refractivity contribution < 1.29 is 14.6 Å². The summed E-state index contributed by atoms with van der Waals surface area (Å²) >= 11 is 0. The largest absolute Gasteiger partial charge is 0.454 e. The van der Waals surface area contributed by atoms with E-state index in [4.69, 9.17) is 9.47 Å². The summed E-state index contributed by atoms with van der Waals surface area (Å²) in [4.78, 5) is 1.36. The molecule has 7 nitrogen and oxygen atoms in total. The number of aryl methyl sites for hydroxylation is 1. The van der Waals surface area contributed by atoms with E-state index in [1.807, 2.05) is 0 Å². The van der Waals surface area contributed by atoms with Crippen LogP contribution in [0.5, 0.6) is 11.5 Å². The Balaban J connectivity index is 1.78. The molecule has 1 unspecified atom stereocenters. The van der Waals surface area contributed by atoms with E-state index < -0.39 is 6.10 Å². The van der Waals surface area contributed by atoms with Crippen molar-refractivity contribution >= 4 is 0 Å². The molecule has 7 heteroatoms. The van der Waals surface area contributed by atoms with E-state index in [1.165, 1.54) is 4.80 Å². The molecule has 1 aromatic heterocycles. The molecule has 1 aliphatic heterocycles. The molecule has 94 valence electrons. The van der Waals surface area contributed by atoms with Crippen LogP contribution in [0.1, 0.15) is 17.5 Å². The van der Waals surface area contributed by atoms with Crippen molar-refractivity contribution in [2.75, 3.05) is 6.79 Å². The fraction of sp³-hybridized carbons (Fsp3) is 0.364. The highest BCUT2D eigenvalue weighted by atomic mass is 16.7. The van der Waals surface area contributed by atoms with E-state index in [9.17, 15) is 5.11 Å². The third kappa shape index (κ3) is 2.00. The number of hydrogen-bond acceptors (Lipinski definition) is 6. The fourth-order valence-electron chi connectivity index (χ4n) is 1.82. The number of rotatable bonds is 3. The molecule has 3 rings (SSSR count). The van der Waals surface area contributed by atoms with Gasteiger partial charge in [0.2, 0.25) is 6.79 Å². The molecule has 0 fully saturated rings. The molecule has 1 atom stereocenters. The maximum atomic E-state index is 10.1. The van der Waals surface area contributed by atoms with E-state index in [1.54, 1.807) is 25.2 Å². The van der Waals surface area contributed by atoms with Crippen LogP contribution in [0.4, 0.5) is 0 Å². The van der Waals surface area contributed by atoms with Crippen LogP contribution in [0.2, 0.25) is 0 Å². The number of hydrogen-bond donors (Lipinski definition) is 1. The smallest absolute Gasteiger partial charge is 0.231 e. The van der Waals surface area contributed by atoms with Gasteiger partial charge in [0.1, 0.15) is 0 Å². The molecular formula is C11H12N4O3. The van der Waals surface area contributed by atoms with Crippen LogP contribution in [0, 0.1) is 0 Å². The third-order valence-corrected chi connectivity index (χ3v) is 2.71. The number of nitrogens with zero attached hydrogens (tertiary/aromatic N) is 4. The third-order valence-electron chi connectivity index (χ3n) is 2.71. The maximum Gasteiger partial charge on any atom is 0.231 e. The predicted molar refractivity (Wildman–Crippen MR) is 60.0 cm³/mol. The molecule has 1 aliphatic rings. The number of aliphatic hydroxyl groups is 1. The van der Waals surface area contributed by atoms with Gasteiger partial charge in [-0.3, -0.25) is 0 Å². The van der Waals surface area contributed by atoms with Gasteiger partial charge in [0.25, 0.3) is 0 Å². The summed E-state index contributed by atoms with van der Waals surface area (Å²) in [6.45, 7) is 0.223. The summed E-state index contributed by atoms with van der Waals surface area (Å²) < 4.78 is 10.5. The molecule has 0 radical (unpaired) electrons. The zero-order valence-electron chi connectivity index (χ0n) is 9.78. The van der Waals surface area contributed by atoms with Crippen molar-refractivity contribution in [2.24, 2.45) is 7.05 Å². The zero-order valence-corrected chi connectivity index (χ0v) is 9.78. The minimum Gasteiger partial charge on any atom is -0.454 e. The molecule has 0 aliphatic carbocycles. The fourth-order valence-corrected chi connectivity index (χ4v) is 1.82. The van der Waals surface area contributed by atoms with Crippen LogP contribution in [0.25, 0.3) is 0 Å². The molecule has 1 aromatic carbocycles. The first-order chi connectivity index (χ1) is 8.72. The van der Waals surface area contributed by atoms with Crippen LogP contribution in [0.15, 0.2) is 18.2 Å². The van der Waals surface area contributed by atoms with Gasteiger partial charge in [-0.05, 0) is 22.9 Å². The van der Waals surface area contributed by atoms with Crippen LogP contribution in [-0.2, 0) is 13.5 Å². The van der Waals surface area contributed by atoms with Gasteiger partial charge in [-0.2, -0.15) is 4.80 Å². The standard InChI is InChI=1S/C11H12N4O3/c1-15-13-11(12-14-15)5-8(16)7-2-3-9-10(4-7)18-6-17-9/h2-4,8,16H,5-6H2,1H3. The Hall–Kier alpha value is -2.15. The number of fused-ring (bicyclic) bond motifs is 1. The molecule has 0 amide bonds. The van der Waals surface area contributed by atoms with E-state index in [0.717, 1.165) is 5.56 Å². The summed E-state index contributed by atoms with van der Waals surface area (Å²) in [5.41, 5.74) is 0.742. The maximum absolute atomic E-state index is 10.1. The lowest BCUT2D eigenvalue weighted by atomic mass is 10.1. The summed E-state index contributed by atoms with van der Waals surface area (Å²) in [6, 6.07) is 5.35. The second kappa shape index (κ2) is 4.26. The lowest BCUT2D eigenvalue weighted by Crippen LogP contribution is -2.04. The molecule has 0 saturated carbocycles. The molecule has 18 heavy (non-hydrogen) atoms. The summed E-state index contributed by atoms with van der Waals surface area (Å²) in [7, 11) is 1.68. The molecule has 0 saturated heterocycles. The average molecular weight is 248 g/mol. The number of ether oxygens (including phenoxy) is 2. The Morgan fingerprint density at radius 2 is 2.22 bits per heavy atom. The molecular weight excluding hydrogens is 236 g/mol. The second-order valence-electron chi connectivity index (χ2n) is 4.03. The Kier molecular flexibility index (Phi) is 2.60. The van der Waals surface area contributed by atoms with E-state index >= 15 is 0 Å². The highest BCUT2D eigenvalue weighted by molar-refractivity contribution is 5.45. The Bertz CT molecular complexity index is 569. The quantitative estimate of drug-likeness (QED) is 0.836. The number of aromatic nitrogens is 4. The van der Waals surface area contributed by atoms with Gasteiger partial charge in [-0.15, -0.1) is 10.2 Å². The highest BCUT2D eigenvalue weighted by Crippen LogP contribution is 2.34. The van der Waals surface area contributed by atoms with Crippen molar-refractivity contribution in [1.29, 1.82) is 0 Å². The average Bonchev–Trinajstić information content (AvgIpc) is 2.96. The van der Waals surface area contributed by atoms with Gasteiger partial charge in [0.05, 0.1) is 13.2 Å². The lowest BCUT2D eigenvalue weighted by Gasteiger charge is -2.09. The predicted octanol–water partition coefficient (Wildman–Crippen LogP) is 0.215. The van der Waals surface area contributed by atoms with Crippen molar-refractivity contribution in [3.8, 4) is 11.5 Å². The molecule has 0 bridgehead atoms. The van der Waals surface area contributed by atoms with Crippen molar-refractivity contribution in [3.63, 3.8) is 0 Å². The minimum absolute atomic E-state index is 0.223. The second-order valence-corrected chi connectivity index (χ2v) is 4.03. The van der Waals surface area contributed by atoms with Crippen molar-refractivity contribution in [3.05, 3.63) is 29.6 Å². The number of aliphatic hydroxyl groups excluding tert-OH is 1. The van der Waals surface area contributed by atoms with Gasteiger partial charge < -0.3 is 14.6 Å². The first-order valence-corrected chi connectivity index (χ1v) is 5.53. The molecule has 1 N–H and O–H groups in total. The van der Waals surface area contributed by atoms with Gasteiger partial charge >= 0.3 is 0 Å². The topological polar surface area (TPSA) is 82.3 Å². The lowest BCUT2D eigenvalue weighted by molar-refractivity contribution is 0.170. The van der Waals surface area contributed by atoms with Crippen LogP contribution < -0.4 is 9.47 Å². The Morgan fingerprint density at radius 1 is 1.39 bits per heavy atom. The van der Waals surface area contributed by atoms with Crippen LogP contribution >= 0.6 is 0 Å². The highest BCUT2D eigenvalue weighted by Gasteiger charge is 2.18. The minimum atomic E-state index is -0.691. The first-order valence-electron chi connectivity index (χ1n) is 5.53. The number of tetrazole rings is 1. The van der Waals surface area contributed by atoms with E-state index in [-0.39, 0.29) is 6.79 Å². The Labute approximate surface area is 103 Å². The SMILES string of the molecule is Cn1nnc(CC(O)c2ccc3c(c2)OCO3)n1. The van der Waals surface area contributed by atoms with Gasteiger partial charge in [-0.1, -0.05) is 6.07 Å². The van der Waals surface area contributed by atoms with Gasteiger partial charge in [-0.25, -0.2) is 0 Å². The zero-order chi connectivity index (χ0) is 12.5. The molecule has 2 heterocycles. The number of benzene rings is 1. The van der Waals surface area contributed by atoms with Gasteiger partial charge in [0, 0.05) is 6.42 Å². The summed E-state index contributed by atoms with van der Waals surface area (Å²) in [5.74, 6) is 1.85. The van der Waals surface area contributed by atoms with Crippen LogP contribution in [-0.4, -0.2) is 32.1 Å². The molecule has 0 spiro atoms. The normalized spacial score (nSPS) is 14.8. The Morgan fingerprint density at radius 3 is 3.00 bits per heavy atom. The first kappa shape index (κ1) is 11.0. The monoisotopic (exact) mass is 248 g/mol.